The number of benzene rings is 1. The average Bonchev–Trinajstić information content (AvgIpc) is 3.45. The highest BCUT2D eigenvalue weighted by Gasteiger charge is 2.29. The Balaban J connectivity index is 1.66. The number of thiophene rings is 1. The molecule has 3 heterocycles. The second-order valence-electron chi connectivity index (χ2n) is 6.80. The van der Waals surface area contributed by atoms with E-state index in [9.17, 15) is 18.0 Å². The Morgan fingerprint density at radius 2 is 2.00 bits per heavy atom. The van der Waals surface area contributed by atoms with Gasteiger partial charge in [-0.15, -0.1) is 11.3 Å². The summed E-state index contributed by atoms with van der Waals surface area (Å²) in [6.07, 6.45) is 0. The number of hydrogen-bond donors (Lipinski definition) is 2. The molecule has 4 rings (SSSR count). The van der Waals surface area contributed by atoms with Crippen LogP contribution < -0.4 is 19.5 Å². The summed E-state index contributed by atoms with van der Waals surface area (Å²) in [7, 11) is -4.21. The maximum absolute atomic E-state index is 13.0. The Morgan fingerprint density at radius 3 is 2.66 bits per heavy atom. The number of hydrogen-bond acceptors (Lipinski definition) is 9. The topological polar surface area (TPSA) is 137 Å². The Bertz CT molecular complexity index is 1360. The second-order valence-corrected chi connectivity index (χ2v) is 9.74. The summed E-state index contributed by atoms with van der Waals surface area (Å²) in [5, 5.41) is 7.73. The van der Waals surface area contributed by atoms with E-state index in [1.807, 2.05) is 0 Å². The molecule has 0 spiro atoms. The molecule has 1 aromatic carbocycles. The van der Waals surface area contributed by atoms with Gasteiger partial charge in [0, 0.05) is 11.8 Å². The maximum atomic E-state index is 13.0. The SMILES string of the molecule is CC(=O)c1c(C)c(NC(=O)c2sccc2S(=O)(=O)Nc2onc(C)c2Cl)cc2c1OCO2. The van der Waals surface area contributed by atoms with Gasteiger partial charge in [0.25, 0.3) is 21.8 Å². The molecule has 0 radical (unpaired) electrons. The van der Waals surface area contributed by atoms with E-state index in [0.717, 1.165) is 11.3 Å². The maximum Gasteiger partial charge on any atom is 0.267 e. The number of nitrogens with zero attached hydrogens (tertiary/aromatic N) is 1. The summed E-state index contributed by atoms with van der Waals surface area (Å²) < 4.78 is 43.5. The molecule has 1 amide bonds. The Hall–Kier alpha value is -3.09. The normalized spacial score (nSPS) is 12.6. The third-order valence-corrected chi connectivity index (χ3v) is 7.53. The minimum absolute atomic E-state index is 0.0163. The second kappa shape index (κ2) is 8.11. The van der Waals surface area contributed by atoms with E-state index in [1.165, 1.54) is 24.4 Å². The molecule has 1 aliphatic heterocycles. The summed E-state index contributed by atoms with van der Waals surface area (Å²) in [5.41, 5.74) is 1.36. The van der Waals surface area contributed by atoms with E-state index in [-0.39, 0.29) is 38.8 Å². The molecule has 32 heavy (non-hydrogen) atoms. The number of sulfonamides is 1. The summed E-state index contributed by atoms with van der Waals surface area (Å²) >= 11 is 6.91. The summed E-state index contributed by atoms with van der Waals surface area (Å²) in [4.78, 5) is 24.8. The molecule has 1 aliphatic rings. The lowest BCUT2D eigenvalue weighted by Gasteiger charge is -2.14. The number of ether oxygens (including phenoxy) is 2. The number of amides is 1. The molecule has 0 aliphatic carbocycles. The number of carbonyl (C=O) groups is 2. The number of carbonyl (C=O) groups excluding carboxylic acids is 2. The van der Waals surface area contributed by atoms with Gasteiger partial charge in [0.05, 0.1) is 5.56 Å². The van der Waals surface area contributed by atoms with E-state index >= 15 is 0 Å². The lowest BCUT2D eigenvalue weighted by molar-refractivity contribution is 0.100. The Kier molecular flexibility index (Phi) is 5.61. The van der Waals surface area contributed by atoms with Gasteiger partial charge in [-0.1, -0.05) is 16.8 Å². The lowest BCUT2D eigenvalue weighted by atomic mass is 10.0. The van der Waals surface area contributed by atoms with Crippen molar-refractivity contribution in [2.45, 2.75) is 25.7 Å². The molecule has 0 bridgehead atoms. The number of aryl methyl sites for hydroxylation is 1. The van der Waals surface area contributed by atoms with Crippen molar-refractivity contribution >= 4 is 56.2 Å². The first-order chi connectivity index (χ1) is 15.1. The van der Waals surface area contributed by atoms with Gasteiger partial charge in [-0.2, -0.15) is 0 Å². The van der Waals surface area contributed by atoms with Gasteiger partial charge in [-0.3, -0.25) is 9.59 Å². The highest BCUT2D eigenvalue weighted by atomic mass is 35.5. The van der Waals surface area contributed by atoms with Crippen molar-refractivity contribution in [2.75, 3.05) is 16.8 Å². The van der Waals surface area contributed by atoms with Crippen LogP contribution in [0.4, 0.5) is 11.6 Å². The van der Waals surface area contributed by atoms with Crippen molar-refractivity contribution in [1.29, 1.82) is 0 Å². The summed E-state index contributed by atoms with van der Waals surface area (Å²) in [6, 6.07) is 2.81. The Morgan fingerprint density at radius 1 is 1.25 bits per heavy atom. The standard InChI is InChI=1S/C19H16ClN3O7S2/c1-8-11(6-12-16(29-7-28-12)14(8)10(3)24)21-18(25)17-13(4-5-31-17)32(26,27)23-19-15(20)9(2)22-30-19/h4-6,23H,7H2,1-3H3,(H,21,25). The van der Waals surface area contributed by atoms with Crippen LogP contribution in [0.25, 0.3) is 0 Å². The third-order valence-electron chi connectivity index (χ3n) is 4.67. The molecule has 0 unspecified atom stereocenters. The van der Waals surface area contributed by atoms with E-state index in [0.29, 0.717) is 28.4 Å². The molecule has 2 N–H and O–H groups in total. The first-order valence-electron chi connectivity index (χ1n) is 9.07. The molecule has 0 saturated heterocycles. The van der Waals surface area contributed by atoms with Crippen LogP contribution in [0.2, 0.25) is 5.02 Å². The minimum Gasteiger partial charge on any atom is -0.453 e. The molecule has 3 aromatic rings. The van der Waals surface area contributed by atoms with Crippen LogP contribution in [0.5, 0.6) is 11.5 Å². The third kappa shape index (κ3) is 3.80. The van der Waals surface area contributed by atoms with Crippen LogP contribution in [0.1, 0.15) is 38.2 Å². The van der Waals surface area contributed by atoms with Crippen LogP contribution in [0, 0.1) is 13.8 Å². The Labute approximate surface area is 191 Å². The van der Waals surface area contributed by atoms with Gasteiger partial charge in [0.2, 0.25) is 6.79 Å². The van der Waals surface area contributed by atoms with E-state index in [1.54, 1.807) is 13.8 Å². The number of halogens is 1. The largest absolute Gasteiger partial charge is 0.453 e. The quantitative estimate of drug-likeness (QED) is 0.488. The molecular weight excluding hydrogens is 482 g/mol. The van der Waals surface area contributed by atoms with Crippen LogP contribution in [0.15, 0.2) is 26.9 Å². The monoisotopic (exact) mass is 497 g/mol. The zero-order chi connectivity index (χ0) is 23.2. The molecule has 0 fully saturated rings. The molecule has 0 atom stereocenters. The van der Waals surface area contributed by atoms with Crippen LogP contribution >= 0.6 is 22.9 Å². The minimum atomic E-state index is -4.21. The van der Waals surface area contributed by atoms with E-state index < -0.39 is 15.9 Å². The van der Waals surface area contributed by atoms with Crippen LogP contribution in [-0.4, -0.2) is 32.1 Å². The molecule has 2 aromatic heterocycles. The summed E-state index contributed by atoms with van der Waals surface area (Å²) in [5.74, 6) is -0.567. The molecule has 10 nitrogen and oxygen atoms in total. The van der Waals surface area contributed by atoms with Gasteiger partial charge in [-0.05, 0) is 37.8 Å². The number of ketones is 1. The highest BCUT2D eigenvalue weighted by Crippen LogP contribution is 2.42. The van der Waals surface area contributed by atoms with E-state index in [2.05, 4.69) is 15.2 Å². The van der Waals surface area contributed by atoms with Crippen molar-refractivity contribution in [2.24, 2.45) is 0 Å². The number of anilines is 2. The molecular formula is C19H16ClN3O7S2. The fourth-order valence-corrected chi connectivity index (χ4v) is 5.63. The fraction of sp³-hybridized carbons (Fsp3) is 0.211. The van der Waals surface area contributed by atoms with Gasteiger partial charge in [0.15, 0.2) is 17.3 Å². The number of rotatable bonds is 6. The van der Waals surface area contributed by atoms with Crippen LogP contribution in [0.3, 0.4) is 0 Å². The molecule has 13 heteroatoms. The average molecular weight is 498 g/mol. The van der Waals surface area contributed by atoms with Crippen molar-refractivity contribution in [3.63, 3.8) is 0 Å². The number of fused-ring (bicyclic) bond motifs is 1. The van der Waals surface area contributed by atoms with E-state index in [4.69, 9.17) is 25.6 Å². The van der Waals surface area contributed by atoms with Crippen LogP contribution in [-0.2, 0) is 10.0 Å². The lowest BCUT2D eigenvalue weighted by Crippen LogP contribution is -2.19. The predicted molar refractivity (Wildman–Crippen MR) is 117 cm³/mol. The van der Waals surface area contributed by atoms with Gasteiger partial charge < -0.3 is 19.3 Å². The highest BCUT2D eigenvalue weighted by molar-refractivity contribution is 7.93. The first kappa shape index (κ1) is 22.1. The summed E-state index contributed by atoms with van der Waals surface area (Å²) in [6.45, 7) is 4.53. The molecule has 0 saturated carbocycles. The van der Waals surface area contributed by atoms with Gasteiger partial charge in [-0.25, -0.2) is 13.1 Å². The van der Waals surface area contributed by atoms with Crippen molar-refractivity contribution in [3.8, 4) is 11.5 Å². The van der Waals surface area contributed by atoms with Crippen molar-refractivity contribution in [3.05, 3.63) is 44.2 Å². The fourth-order valence-electron chi connectivity index (χ4n) is 3.14. The number of aromatic nitrogens is 1. The van der Waals surface area contributed by atoms with Crippen molar-refractivity contribution in [1.82, 2.24) is 5.16 Å². The zero-order valence-electron chi connectivity index (χ0n) is 16.9. The zero-order valence-corrected chi connectivity index (χ0v) is 19.3. The van der Waals surface area contributed by atoms with Crippen molar-refractivity contribution < 1.29 is 32.0 Å². The number of Topliss-reactive ketones (excluding diaryl/α,β-unsaturated/α-hetero) is 1. The smallest absolute Gasteiger partial charge is 0.267 e. The van der Waals surface area contributed by atoms with Gasteiger partial charge >= 0.3 is 0 Å². The predicted octanol–water partition coefficient (Wildman–Crippen LogP) is 3.99. The number of nitrogens with one attached hydrogen (secondary N) is 2. The molecule has 168 valence electrons. The first-order valence-corrected chi connectivity index (χ1v) is 11.8. The van der Waals surface area contributed by atoms with Gasteiger partial charge in [0.1, 0.15) is 20.5 Å².